The average molecular weight is 361 g/mol. The van der Waals surface area contributed by atoms with Crippen molar-refractivity contribution in [2.75, 3.05) is 0 Å². The molecule has 0 amide bonds. The standard InChI is InChI=1S/C14H9Cl.2CH3.Sn/c15-14-8-4-7-13(11-14)10-9-12-5-2-1-3-6-12;;;/h1-5,8-11H;2*1H3;. The number of halogens is 1. The molecule has 0 atom stereocenters. The summed E-state index contributed by atoms with van der Waals surface area (Å²) in [6.07, 6.45) is 4.45. The molecule has 0 radical (unpaired) electrons. The van der Waals surface area contributed by atoms with Gasteiger partial charge >= 0.3 is 118 Å². The maximum atomic E-state index is 6.12. The van der Waals surface area contributed by atoms with Crippen LogP contribution in [0.3, 0.4) is 0 Å². The molecule has 90 valence electrons. The van der Waals surface area contributed by atoms with Crippen molar-refractivity contribution in [3.63, 3.8) is 0 Å². The van der Waals surface area contributed by atoms with E-state index in [-0.39, 0.29) is 0 Å². The van der Waals surface area contributed by atoms with Crippen LogP contribution in [0.1, 0.15) is 11.1 Å². The Morgan fingerprint density at radius 3 is 2.33 bits per heavy atom. The van der Waals surface area contributed by atoms with Crippen LogP contribution in [0.2, 0.25) is 14.9 Å². The minimum absolute atomic E-state index is 0.825. The Kier molecular flexibility index (Phi) is 3.03. The SMILES string of the molecule is [CH3][Sn]1([CH3])[c]2ccccc2C=Cc2cc(Cl)cc[c]21. The first-order chi connectivity index (χ1) is 8.59. The predicted molar refractivity (Wildman–Crippen MR) is 83.6 cm³/mol. The quantitative estimate of drug-likeness (QED) is 0.629. The third-order valence-electron chi connectivity index (χ3n) is 3.76. The van der Waals surface area contributed by atoms with Crippen LogP contribution in [-0.2, 0) is 0 Å². The predicted octanol–water partition coefficient (Wildman–Crippen LogP) is 3.65. The van der Waals surface area contributed by atoms with Gasteiger partial charge in [0.15, 0.2) is 0 Å². The molecule has 0 fully saturated rings. The maximum absolute atomic E-state index is 6.12. The first kappa shape index (κ1) is 12.3. The van der Waals surface area contributed by atoms with Crippen molar-refractivity contribution in [3.05, 3.63) is 58.6 Å². The molecule has 18 heavy (non-hydrogen) atoms. The number of rotatable bonds is 0. The van der Waals surface area contributed by atoms with E-state index >= 15 is 0 Å². The second kappa shape index (κ2) is 4.43. The molecular weight excluding hydrogens is 346 g/mol. The van der Waals surface area contributed by atoms with Crippen LogP contribution in [0.25, 0.3) is 12.2 Å². The summed E-state index contributed by atoms with van der Waals surface area (Å²) in [6, 6.07) is 15.2. The number of benzene rings is 2. The fraction of sp³-hybridized carbons (Fsp3) is 0.125. The Morgan fingerprint density at radius 2 is 1.50 bits per heavy atom. The van der Waals surface area contributed by atoms with Gasteiger partial charge in [-0.2, -0.15) is 0 Å². The van der Waals surface area contributed by atoms with Gasteiger partial charge in [0, 0.05) is 0 Å². The van der Waals surface area contributed by atoms with Crippen molar-refractivity contribution in [2.45, 2.75) is 9.88 Å². The molecule has 0 unspecified atom stereocenters. The zero-order valence-electron chi connectivity index (χ0n) is 10.6. The van der Waals surface area contributed by atoms with Crippen LogP contribution in [0.15, 0.2) is 42.5 Å². The van der Waals surface area contributed by atoms with E-state index in [9.17, 15) is 0 Å². The number of hydrogen-bond donors (Lipinski definition) is 0. The van der Waals surface area contributed by atoms with Crippen LogP contribution >= 0.6 is 11.6 Å². The summed E-state index contributed by atoms with van der Waals surface area (Å²) in [5.74, 6) is 0. The molecule has 0 spiro atoms. The molecule has 2 heteroatoms. The first-order valence-electron chi connectivity index (χ1n) is 6.17. The van der Waals surface area contributed by atoms with Crippen LogP contribution in [-0.4, -0.2) is 18.4 Å². The second-order valence-corrected chi connectivity index (χ2v) is 18.1. The molecule has 0 aromatic heterocycles. The third-order valence-corrected chi connectivity index (χ3v) is 14.3. The summed E-state index contributed by atoms with van der Waals surface area (Å²) in [5.41, 5.74) is 2.69. The summed E-state index contributed by atoms with van der Waals surface area (Å²) in [6.45, 7) is 0. The van der Waals surface area contributed by atoms with Gasteiger partial charge in [-0.05, 0) is 0 Å². The zero-order chi connectivity index (χ0) is 12.8. The zero-order valence-corrected chi connectivity index (χ0v) is 14.2. The van der Waals surface area contributed by atoms with Gasteiger partial charge in [0.2, 0.25) is 0 Å². The summed E-state index contributed by atoms with van der Waals surface area (Å²) in [4.78, 5) is 4.96. The Morgan fingerprint density at radius 1 is 0.833 bits per heavy atom. The van der Waals surface area contributed by atoms with Crippen molar-refractivity contribution in [1.29, 1.82) is 0 Å². The van der Waals surface area contributed by atoms with E-state index in [4.69, 9.17) is 11.6 Å². The van der Waals surface area contributed by atoms with Gasteiger partial charge in [-0.25, -0.2) is 0 Å². The van der Waals surface area contributed by atoms with E-state index in [1.165, 1.54) is 14.7 Å². The van der Waals surface area contributed by atoms with E-state index in [0.29, 0.717) is 0 Å². The van der Waals surface area contributed by atoms with Gasteiger partial charge in [0.05, 0.1) is 0 Å². The summed E-state index contributed by atoms with van der Waals surface area (Å²) in [5, 5.41) is 0.825. The molecule has 0 aliphatic carbocycles. The molecule has 2 aromatic rings. The van der Waals surface area contributed by atoms with E-state index < -0.39 is 18.4 Å². The molecule has 1 heterocycles. The van der Waals surface area contributed by atoms with E-state index in [0.717, 1.165) is 5.02 Å². The number of fused-ring (bicyclic) bond motifs is 2. The van der Waals surface area contributed by atoms with Gasteiger partial charge in [0.25, 0.3) is 0 Å². The van der Waals surface area contributed by atoms with Crippen molar-refractivity contribution in [2.24, 2.45) is 0 Å². The Labute approximate surface area is 117 Å². The van der Waals surface area contributed by atoms with Crippen LogP contribution in [0.5, 0.6) is 0 Å². The second-order valence-electron chi connectivity index (χ2n) is 5.28. The van der Waals surface area contributed by atoms with Gasteiger partial charge in [-0.15, -0.1) is 0 Å². The molecule has 0 bridgehead atoms. The molecule has 0 N–H and O–H groups in total. The molecule has 3 rings (SSSR count). The molecule has 1 aliphatic rings. The monoisotopic (exact) mass is 362 g/mol. The Bertz CT molecular complexity index is 641. The van der Waals surface area contributed by atoms with Gasteiger partial charge in [-0.3, -0.25) is 0 Å². The van der Waals surface area contributed by atoms with Crippen LogP contribution < -0.4 is 7.16 Å². The molecule has 1 aliphatic heterocycles. The molecule has 0 nitrogen and oxygen atoms in total. The first-order valence-corrected chi connectivity index (χ1v) is 15.1. The van der Waals surface area contributed by atoms with Crippen molar-refractivity contribution in [3.8, 4) is 0 Å². The van der Waals surface area contributed by atoms with E-state index in [2.05, 4.69) is 58.4 Å². The Balaban J connectivity index is 2.33. The fourth-order valence-electron chi connectivity index (χ4n) is 2.78. The summed E-state index contributed by atoms with van der Waals surface area (Å²) < 4.78 is 3.11. The topological polar surface area (TPSA) is 0 Å². The van der Waals surface area contributed by atoms with Gasteiger partial charge in [0.1, 0.15) is 0 Å². The van der Waals surface area contributed by atoms with E-state index in [1.807, 2.05) is 6.07 Å². The molecule has 0 saturated carbocycles. The molecule has 0 saturated heterocycles. The Hall–Kier alpha value is -0.731. The van der Waals surface area contributed by atoms with E-state index in [1.54, 1.807) is 3.58 Å². The van der Waals surface area contributed by atoms with Crippen LogP contribution in [0, 0.1) is 0 Å². The third kappa shape index (κ3) is 1.92. The van der Waals surface area contributed by atoms with Gasteiger partial charge in [-0.1, -0.05) is 0 Å². The molecule has 2 aromatic carbocycles. The minimum atomic E-state index is -2.46. The van der Waals surface area contributed by atoms with Crippen molar-refractivity contribution >= 4 is 49.3 Å². The summed E-state index contributed by atoms with van der Waals surface area (Å²) >= 11 is 3.66. The van der Waals surface area contributed by atoms with Crippen molar-refractivity contribution in [1.82, 2.24) is 0 Å². The van der Waals surface area contributed by atoms with Crippen molar-refractivity contribution < 1.29 is 0 Å². The van der Waals surface area contributed by atoms with Crippen LogP contribution in [0.4, 0.5) is 0 Å². The average Bonchev–Trinajstić information content (AvgIpc) is 2.46. The normalized spacial score (nSPS) is 15.7. The fourth-order valence-corrected chi connectivity index (χ4v) is 11.7. The van der Waals surface area contributed by atoms with Gasteiger partial charge < -0.3 is 0 Å². The summed E-state index contributed by atoms with van der Waals surface area (Å²) in [7, 11) is 0. The molecular formula is C16H15ClSn. The number of hydrogen-bond acceptors (Lipinski definition) is 0.